The van der Waals surface area contributed by atoms with E-state index in [0.29, 0.717) is 0 Å². The van der Waals surface area contributed by atoms with Crippen molar-refractivity contribution in [2.24, 2.45) is 0 Å². The molecule has 0 aliphatic rings. The summed E-state index contributed by atoms with van der Waals surface area (Å²) in [6, 6.07) is 0. The van der Waals surface area contributed by atoms with Gasteiger partial charge in [-0.15, -0.1) is 0 Å². The second kappa shape index (κ2) is 3.92. The molecule has 1 aromatic heterocycles. The second-order valence-corrected chi connectivity index (χ2v) is 7.47. The van der Waals surface area contributed by atoms with Gasteiger partial charge in [0.15, 0.2) is 0 Å². The maximum Gasteiger partial charge on any atom is 0.124 e. The molecule has 0 aliphatic carbocycles. The average Bonchev–Trinajstić information content (AvgIpc) is 2.26. The molecule has 0 unspecified atom stereocenters. The number of rotatable bonds is 0. The van der Waals surface area contributed by atoms with E-state index >= 15 is 0 Å². The summed E-state index contributed by atoms with van der Waals surface area (Å²) in [5.41, 5.74) is 0.0374. The molecule has 0 atom stereocenters. The van der Waals surface area contributed by atoms with Crippen LogP contribution >= 0.6 is 31.9 Å². The molecule has 0 saturated heterocycles. The van der Waals surface area contributed by atoms with Crippen LogP contribution in [0.3, 0.4) is 0 Å². The molecule has 0 N–H and O–H groups in total. The highest BCUT2D eigenvalue weighted by Crippen LogP contribution is 2.43. The molecular weight excluding hydrogens is 320 g/mol. The molecule has 1 rings (SSSR count). The smallest absolute Gasteiger partial charge is 0.124 e. The van der Waals surface area contributed by atoms with Crippen LogP contribution in [0.1, 0.15) is 53.1 Å². The summed E-state index contributed by atoms with van der Waals surface area (Å²) < 4.78 is 8.06. The highest BCUT2D eigenvalue weighted by molar-refractivity contribution is 9.13. The fourth-order valence-electron chi connectivity index (χ4n) is 1.36. The van der Waals surface area contributed by atoms with Crippen molar-refractivity contribution < 1.29 is 4.42 Å². The van der Waals surface area contributed by atoms with E-state index in [1.54, 1.807) is 0 Å². The third kappa shape index (κ3) is 2.68. The quantitative estimate of drug-likeness (QED) is 0.617. The average molecular weight is 338 g/mol. The molecule has 0 aliphatic heterocycles. The summed E-state index contributed by atoms with van der Waals surface area (Å²) in [6.45, 7) is 12.9. The van der Waals surface area contributed by atoms with Gasteiger partial charge in [-0.2, -0.15) is 0 Å². The van der Waals surface area contributed by atoms with E-state index in [4.69, 9.17) is 4.42 Å². The van der Waals surface area contributed by atoms with Gasteiger partial charge in [-0.1, -0.05) is 41.5 Å². The third-order valence-corrected chi connectivity index (χ3v) is 4.20. The molecular formula is C12H18Br2O. The van der Waals surface area contributed by atoms with E-state index in [9.17, 15) is 0 Å². The number of furan rings is 1. The van der Waals surface area contributed by atoms with Gasteiger partial charge in [-0.05, 0) is 31.9 Å². The molecule has 0 amide bonds. The van der Waals surface area contributed by atoms with Crippen molar-refractivity contribution in [3.63, 3.8) is 0 Å². The SMILES string of the molecule is CC(C)(C)c1oc(C(C)(C)C)c(Br)c1Br. The first-order valence-electron chi connectivity index (χ1n) is 5.04. The van der Waals surface area contributed by atoms with Crippen molar-refractivity contribution in [2.45, 2.75) is 52.4 Å². The predicted octanol–water partition coefficient (Wildman–Crippen LogP) is 5.40. The summed E-state index contributed by atoms with van der Waals surface area (Å²) in [4.78, 5) is 0. The topological polar surface area (TPSA) is 13.1 Å². The first kappa shape index (κ1) is 13.3. The molecule has 0 radical (unpaired) electrons. The van der Waals surface area contributed by atoms with Gasteiger partial charge in [0, 0.05) is 10.8 Å². The number of halogens is 2. The van der Waals surface area contributed by atoms with Crippen LogP contribution in [-0.4, -0.2) is 0 Å². The Morgan fingerprint density at radius 1 is 0.733 bits per heavy atom. The van der Waals surface area contributed by atoms with Gasteiger partial charge in [0.25, 0.3) is 0 Å². The Bertz CT molecular complexity index is 330. The first-order valence-corrected chi connectivity index (χ1v) is 6.62. The Hall–Kier alpha value is 0.240. The standard InChI is InChI=1S/C12H18Br2O/c1-11(2,3)9-7(13)8(14)10(15-9)12(4,5)6/h1-6H3. The van der Waals surface area contributed by atoms with Crippen LogP contribution in [0.4, 0.5) is 0 Å². The van der Waals surface area contributed by atoms with E-state index in [1.807, 2.05) is 0 Å². The molecule has 15 heavy (non-hydrogen) atoms. The zero-order valence-electron chi connectivity index (χ0n) is 10.2. The molecule has 0 saturated carbocycles. The van der Waals surface area contributed by atoms with Crippen molar-refractivity contribution >= 4 is 31.9 Å². The Morgan fingerprint density at radius 3 is 1.13 bits per heavy atom. The lowest BCUT2D eigenvalue weighted by molar-refractivity contribution is 0.341. The Balaban J connectivity index is 3.38. The minimum absolute atomic E-state index is 0.0187. The fourth-order valence-corrected chi connectivity index (χ4v) is 3.07. The van der Waals surface area contributed by atoms with Crippen LogP contribution in [0.5, 0.6) is 0 Å². The van der Waals surface area contributed by atoms with Crippen molar-refractivity contribution in [2.75, 3.05) is 0 Å². The molecule has 0 bridgehead atoms. The zero-order chi connectivity index (χ0) is 12.0. The van der Waals surface area contributed by atoms with Crippen LogP contribution in [0, 0.1) is 0 Å². The fraction of sp³-hybridized carbons (Fsp3) is 0.667. The highest BCUT2D eigenvalue weighted by Gasteiger charge is 2.30. The van der Waals surface area contributed by atoms with Gasteiger partial charge in [0.05, 0.1) is 8.95 Å². The van der Waals surface area contributed by atoms with Crippen molar-refractivity contribution in [3.8, 4) is 0 Å². The van der Waals surface area contributed by atoms with Crippen molar-refractivity contribution in [3.05, 3.63) is 20.5 Å². The predicted molar refractivity (Wildman–Crippen MR) is 71.5 cm³/mol. The Kier molecular flexibility index (Phi) is 3.48. The molecule has 0 aromatic carbocycles. The summed E-state index contributed by atoms with van der Waals surface area (Å²) >= 11 is 7.18. The van der Waals surface area contributed by atoms with Crippen LogP contribution in [0.25, 0.3) is 0 Å². The van der Waals surface area contributed by atoms with Gasteiger partial charge < -0.3 is 4.42 Å². The summed E-state index contributed by atoms with van der Waals surface area (Å²) in [6.07, 6.45) is 0. The summed E-state index contributed by atoms with van der Waals surface area (Å²) in [7, 11) is 0. The normalized spacial score (nSPS) is 13.3. The highest BCUT2D eigenvalue weighted by atomic mass is 79.9. The second-order valence-electron chi connectivity index (χ2n) is 5.89. The van der Waals surface area contributed by atoms with Crippen molar-refractivity contribution in [1.82, 2.24) is 0 Å². The Labute approximate surface area is 109 Å². The van der Waals surface area contributed by atoms with Crippen LogP contribution in [-0.2, 0) is 10.8 Å². The summed E-state index contributed by atoms with van der Waals surface area (Å²) in [5.74, 6) is 2.00. The molecule has 0 spiro atoms. The molecule has 1 nitrogen and oxygen atoms in total. The van der Waals surface area contributed by atoms with Crippen molar-refractivity contribution in [1.29, 1.82) is 0 Å². The van der Waals surface area contributed by atoms with Gasteiger partial charge in [0.2, 0.25) is 0 Å². The minimum atomic E-state index is 0.0187. The molecule has 3 heteroatoms. The Morgan fingerprint density at radius 2 is 1.00 bits per heavy atom. The maximum atomic E-state index is 5.98. The van der Waals surface area contributed by atoms with Gasteiger partial charge in [-0.25, -0.2) is 0 Å². The number of hydrogen-bond donors (Lipinski definition) is 0. The summed E-state index contributed by atoms with van der Waals surface area (Å²) in [5, 5.41) is 0. The van der Waals surface area contributed by atoms with E-state index in [0.717, 1.165) is 20.5 Å². The van der Waals surface area contributed by atoms with E-state index in [1.165, 1.54) is 0 Å². The van der Waals surface area contributed by atoms with E-state index in [-0.39, 0.29) is 10.8 Å². The van der Waals surface area contributed by atoms with Gasteiger partial charge >= 0.3 is 0 Å². The lowest BCUT2D eigenvalue weighted by Crippen LogP contribution is -2.12. The molecule has 0 fully saturated rings. The lowest BCUT2D eigenvalue weighted by Gasteiger charge is -2.18. The van der Waals surface area contributed by atoms with Gasteiger partial charge in [-0.3, -0.25) is 0 Å². The first-order chi connectivity index (χ1) is 6.55. The van der Waals surface area contributed by atoms with Crippen LogP contribution in [0.2, 0.25) is 0 Å². The molecule has 86 valence electrons. The largest absolute Gasteiger partial charge is 0.463 e. The van der Waals surface area contributed by atoms with Crippen LogP contribution < -0.4 is 0 Å². The minimum Gasteiger partial charge on any atom is -0.463 e. The zero-order valence-corrected chi connectivity index (χ0v) is 13.3. The van der Waals surface area contributed by atoms with Crippen LogP contribution in [0.15, 0.2) is 13.4 Å². The monoisotopic (exact) mass is 336 g/mol. The maximum absolute atomic E-state index is 5.98. The van der Waals surface area contributed by atoms with E-state index in [2.05, 4.69) is 73.4 Å². The molecule has 1 aromatic rings. The van der Waals surface area contributed by atoms with Gasteiger partial charge in [0.1, 0.15) is 11.5 Å². The number of hydrogen-bond acceptors (Lipinski definition) is 1. The molecule has 1 heterocycles. The third-order valence-electron chi connectivity index (χ3n) is 2.16. The van der Waals surface area contributed by atoms with E-state index < -0.39 is 0 Å². The lowest BCUT2D eigenvalue weighted by atomic mass is 9.93.